The van der Waals surface area contributed by atoms with Gasteiger partial charge in [-0.3, -0.25) is 4.79 Å². The minimum Gasteiger partial charge on any atom is -0.481 e. The number of carboxylic acids is 1. The molecule has 0 heterocycles. The van der Waals surface area contributed by atoms with Crippen LogP contribution in [0, 0.1) is 17.7 Å². The monoisotopic (exact) mass is 442 g/mol. The van der Waals surface area contributed by atoms with E-state index in [1.54, 1.807) is 12.1 Å². The number of carboxylic acid groups (broad SMARTS) is 1. The summed E-state index contributed by atoms with van der Waals surface area (Å²) in [6, 6.07) is 4.68. The molecular weight excluding hydrogens is 411 g/mol. The number of halogens is 2. The minimum absolute atomic E-state index is 0.0268. The summed E-state index contributed by atoms with van der Waals surface area (Å²) in [4.78, 5) is 10.5. The van der Waals surface area contributed by atoms with Crippen LogP contribution in [-0.2, 0) is 4.79 Å². The number of carbonyl (C=O) groups is 1. The number of hydrogen-bond donors (Lipinski definition) is 4. The largest absolute Gasteiger partial charge is 0.481 e. The molecule has 5 nitrogen and oxygen atoms in total. The van der Waals surface area contributed by atoms with Crippen LogP contribution in [-0.4, -0.2) is 44.7 Å². The van der Waals surface area contributed by atoms with Gasteiger partial charge in [0.15, 0.2) is 0 Å². The second-order valence-corrected chi connectivity index (χ2v) is 8.60. The number of aliphatic carboxylic acids is 1. The van der Waals surface area contributed by atoms with Crippen molar-refractivity contribution in [3.8, 4) is 0 Å². The van der Waals surface area contributed by atoms with Gasteiger partial charge >= 0.3 is 5.97 Å². The Kier molecular flexibility index (Phi) is 10.2. The van der Waals surface area contributed by atoms with Gasteiger partial charge in [-0.2, -0.15) is 0 Å². The summed E-state index contributed by atoms with van der Waals surface area (Å²) in [6.45, 7) is 0. The lowest BCUT2D eigenvalue weighted by Gasteiger charge is -2.24. The highest BCUT2D eigenvalue weighted by Crippen LogP contribution is 2.39. The van der Waals surface area contributed by atoms with E-state index >= 15 is 0 Å². The zero-order valence-electron chi connectivity index (χ0n) is 17.1. The lowest BCUT2D eigenvalue weighted by molar-refractivity contribution is -0.137. The van der Waals surface area contributed by atoms with Crippen molar-refractivity contribution in [2.75, 3.05) is 0 Å². The summed E-state index contributed by atoms with van der Waals surface area (Å²) >= 11 is 5.76. The van der Waals surface area contributed by atoms with Crippen LogP contribution in [0.5, 0.6) is 0 Å². The third kappa shape index (κ3) is 7.65. The van der Waals surface area contributed by atoms with Crippen molar-refractivity contribution in [3.05, 3.63) is 40.7 Å². The maximum absolute atomic E-state index is 13.9. The molecule has 0 saturated heterocycles. The Hall–Kier alpha value is -1.47. The van der Waals surface area contributed by atoms with Gasteiger partial charge in [0, 0.05) is 12.0 Å². The first-order valence-electron chi connectivity index (χ1n) is 10.7. The Labute approximate surface area is 182 Å². The Morgan fingerprint density at radius 2 is 1.80 bits per heavy atom. The summed E-state index contributed by atoms with van der Waals surface area (Å²) in [5.74, 6) is -1.43. The van der Waals surface area contributed by atoms with Gasteiger partial charge in [0.25, 0.3) is 0 Å². The lowest BCUT2D eigenvalue weighted by Crippen LogP contribution is -2.23. The first kappa shape index (κ1) is 24.8. The third-order valence-electron chi connectivity index (χ3n) is 5.97. The van der Waals surface area contributed by atoms with Crippen LogP contribution in [0.2, 0.25) is 5.02 Å². The number of unbranched alkanes of at least 4 members (excludes halogenated alkanes) is 3. The molecule has 1 saturated carbocycles. The van der Waals surface area contributed by atoms with E-state index in [2.05, 4.69) is 0 Å². The average molecular weight is 443 g/mol. The van der Waals surface area contributed by atoms with Gasteiger partial charge in [0.05, 0.1) is 23.3 Å². The van der Waals surface area contributed by atoms with E-state index < -0.39 is 30.1 Å². The van der Waals surface area contributed by atoms with Crippen LogP contribution in [0.3, 0.4) is 0 Å². The molecule has 168 valence electrons. The Morgan fingerprint density at radius 1 is 1.13 bits per heavy atom. The van der Waals surface area contributed by atoms with Crippen LogP contribution in [0.1, 0.15) is 63.4 Å². The number of aliphatic hydroxyl groups is 3. The number of benzene rings is 1. The van der Waals surface area contributed by atoms with Crippen LogP contribution in [0.15, 0.2) is 24.3 Å². The molecule has 0 aliphatic heterocycles. The van der Waals surface area contributed by atoms with E-state index in [0.717, 1.165) is 25.7 Å². The van der Waals surface area contributed by atoms with Crippen molar-refractivity contribution in [1.82, 2.24) is 0 Å². The molecule has 4 unspecified atom stereocenters. The first-order chi connectivity index (χ1) is 14.3. The quantitative estimate of drug-likeness (QED) is 0.359. The average Bonchev–Trinajstić information content (AvgIpc) is 2.96. The smallest absolute Gasteiger partial charge is 0.303 e. The molecular formula is C23H32ClFO5. The van der Waals surface area contributed by atoms with Crippen LogP contribution >= 0.6 is 11.6 Å². The molecule has 1 aromatic rings. The van der Waals surface area contributed by atoms with Crippen molar-refractivity contribution in [3.63, 3.8) is 0 Å². The predicted molar refractivity (Wildman–Crippen MR) is 115 cm³/mol. The van der Waals surface area contributed by atoms with E-state index in [9.17, 15) is 24.5 Å². The summed E-state index contributed by atoms with van der Waals surface area (Å²) in [5, 5.41) is 39.6. The molecule has 0 radical (unpaired) electrons. The predicted octanol–water partition coefficient (Wildman–Crippen LogP) is 4.42. The molecule has 30 heavy (non-hydrogen) atoms. The van der Waals surface area contributed by atoms with Gasteiger partial charge in [-0.1, -0.05) is 55.1 Å². The van der Waals surface area contributed by atoms with Gasteiger partial charge in [-0.25, -0.2) is 4.39 Å². The maximum atomic E-state index is 13.9. The molecule has 1 aliphatic rings. The first-order valence-corrected chi connectivity index (χ1v) is 11.1. The van der Waals surface area contributed by atoms with Crippen molar-refractivity contribution in [1.29, 1.82) is 0 Å². The summed E-state index contributed by atoms with van der Waals surface area (Å²) < 4.78 is 13.9. The molecule has 2 rings (SSSR count). The van der Waals surface area contributed by atoms with Crippen LogP contribution in [0.25, 0.3) is 6.08 Å². The van der Waals surface area contributed by atoms with Crippen LogP contribution < -0.4 is 0 Å². The minimum atomic E-state index is -0.787. The molecule has 1 fully saturated rings. The topological polar surface area (TPSA) is 98.0 Å². The Bertz CT molecular complexity index is 711. The van der Waals surface area contributed by atoms with E-state index in [4.69, 9.17) is 16.7 Å². The van der Waals surface area contributed by atoms with Gasteiger partial charge in [0.1, 0.15) is 5.82 Å². The van der Waals surface area contributed by atoms with E-state index in [1.807, 2.05) is 0 Å². The normalized spacial score (nSPS) is 25.1. The van der Waals surface area contributed by atoms with Gasteiger partial charge in [-0.15, -0.1) is 0 Å². The van der Waals surface area contributed by atoms with E-state index in [-0.39, 0.29) is 23.3 Å². The molecule has 0 aromatic heterocycles. The molecule has 5 atom stereocenters. The number of aliphatic hydroxyl groups excluding tert-OH is 3. The number of rotatable bonds is 12. The van der Waals surface area contributed by atoms with Crippen molar-refractivity contribution < 1.29 is 29.6 Å². The van der Waals surface area contributed by atoms with E-state index in [0.29, 0.717) is 31.2 Å². The molecule has 0 amide bonds. The van der Waals surface area contributed by atoms with Gasteiger partial charge in [-0.05, 0) is 50.0 Å². The molecule has 4 N–H and O–H groups in total. The molecule has 0 bridgehead atoms. The summed E-state index contributed by atoms with van der Waals surface area (Å²) in [7, 11) is 0. The second kappa shape index (κ2) is 12.4. The van der Waals surface area contributed by atoms with Gasteiger partial charge < -0.3 is 20.4 Å². The fourth-order valence-corrected chi connectivity index (χ4v) is 4.50. The number of hydrogen-bond acceptors (Lipinski definition) is 4. The summed E-state index contributed by atoms with van der Waals surface area (Å²) in [5.41, 5.74) is 0.304. The lowest BCUT2D eigenvalue weighted by atomic mass is 9.85. The highest BCUT2D eigenvalue weighted by atomic mass is 35.5. The SMILES string of the molecule is O=C(O)CCCCCCC1C(CCC(O)/C=C/c2cccc(Cl)c2F)C(O)C[C@@H]1O. The summed E-state index contributed by atoms with van der Waals surface area (Å²) in [6.07, 6.45) is 6.60. The standard InChI is InChI=1S/C23H32ClFO5/c24-19-8-5-6-15(23(19)25)10-11-16(26)12-13-18-17(20(27)14-21(18)28)7-3-1-2-4-9-22(29)30/h5-6,8,10-11,16-18,20-21,26-28H,1-4,7,9,12-14H2,(H,29,30)/b11-10+/t16?,17?,18?,20-,21?/m0/s1. The highest BCUT2D eigenvalue weighted by molar-refractivity contribution is 6.30. The van der Waals surface area contributed by atoms with Crippen molar-refractivity contribution in [2.24, 2.45) is 11.8 Å². The Morgan fingerprint density at radius 3 is 2.50 bits per heavy atom. The Balaban J connectivity index is 1.80. The molecule has 1 aliphatic carbocycles. The van der Waals surface area contributed by atoms with Crippen LogP contribution in [0.4, 0.5) is 4.39 Å². The van der Waals surface area contributed by atoms with Crippen molar-refractivity contribution in [2.45, 2.75) is 76.1 Å². The van der Waals surface area contributed by atoms with Crippen molar-refractivity contribution >= 4 is 23.6 Å². The highest BCUT2D eigenvalue weighted by Gasteiger charge is 2.40. The zero-order chi connectivity index (χ0) is 22.1. The zero-order valence-corrected chi connectivity index (χ0v) is 17.8. The third-order valence-corrected chi connectivity index (χ3v) is 6.27. The maximum Gasteiger partial charge on any atom is 0.303 e. The van der Waals surface area contributed by atoms with E-state index in [1.165, 1.54) is 18.2 Å². The second-order valence-electron chi connectivity index (χ2n) is 8.19. The van der Waals surface area contributed by atoms with Gasteiger partial charge in [0.2, 0.25) is 0 Å². The fraction of sp³-hybridized carbons (Fsp3) is 0.609. The molecule has 1 aromatic carbocycles. The molecule has 7 heteroatoms. The fourth-order valence-electron chi connectivity index (χ4n) is 4.31. The molecule has 0 spiro atoms.